The van der Waals surface area contributed by atoms with Crippen LogP contribution >= 0.6 is 7.82 Å². The van der Waals surface area contributed by atoms with Crippen LogP contribution in [0.15, 0.2) is 12.2 Å². The first-order chi connectivity index (χ1) is 33.0. The molecule has 0 aromatic rings. The molecule has 68 heavy (non-hydrogen) atoms. The van der Waals surface area contributed by atoms with Crippen molar-refractivity contribution >= 4 is 19.8 Å². The molecule has 2 unspecified atom stereocenters. The maximum absolute atomic E-state index is 12.7. The smallest absolute Gasteiger partial charge is 0.306 e. The van der Waals surface area contributed by atoms with Gasteiger partial charge in [-0.1, -0.05) is 257 Å². The molecule has 2 atom stereocenters. The molecule has 0 rings (SSSR count). The lowest BCUT2D eigenvalue weighted by Gasteiger charge is -2.28. The highest BCUT2D eigenvalue weighted by molar-refractivity contribution is 7.45. The van der Waals surface area contributed by atoms with Crippen LogP contribution in [0, 0.1) is 0 Å². The van der Waals surface area contributed by atoms with Gasteiger partial charge in [-0.25, -0.2) is 0 Å². The minimum atomic E-state index is -4.63. The molecule has 0 amide bonds. The molecule has 0 N–H and O–H groups in total. The fourth-order valence-corrected chi connectivity index (χ4v) is 9.44. The molecule has 0 saturated carbocycles. The van der Waals surface area contributed by atoms with Gasteiger partial charge in [0.05, 0.1) is 27.7 Å². The van der Waals surface area contributed by atoms with E-state index in [-0.39, 0.29) is 32.0 Å². The van der Waals surface area contributed by atoms with Gasteiger partial charge in [0.25, 0.3) is 7.82 Å². The second-order valence-corrected chi connectivity index (χ2v) is 22.8. The Morgan fingerprint density at radius 2 is 0.750 bits per heavy atom. The van der Waals surface area contributed by atoms with E-state index in [1.165, 1.54) is 205 Å². The van der Waals surface area contributed by atoms with Gasteiger partial charge in [0.15, 0.2) is 6.10 Å². The molecular weight excluding hydrogens is 870 g/mol. The summed E-state index contributed by atoms with van der Waals surface area (Å²) in [5.74, 6) is -0.829. The summed E-state index contributed by atoms with van der Waals surface area (Å²) in [4.78, 5) is 37.7. The third-order valence-electron chi connectivity index (χ3n) is 13.3. The zero-order valence-corrected chi connectivity index (χ0v) is 46.7. The van der Waals surface area contributed by atoms with Crippen LogP contribution in [0.2, 0.25) is 0 Å². The second kappa shape index (κ2) is 50.7. The number of allylic oxidation sites excluding steroid dienone is 2. The summed E-state index contributed by atoms with van der Waals surface area (Å²) in [6, 6.07) is 0. The normalized spacial score (nSPS) is 13.3. The Hall–Kier alpha value is -1.25. The fourth-order valence-electron chi connectivity index (χ4n) is 8.71. The van der Waals surface area contributed by atoms with Crippen molar-refractivity contribution in [1.82, 2.24) is 0 Å². The molecule has 0 saturated heterocycles. The molecule has 0 radical (unpaired) electrons. The number of unbranched alkanes of at least 4 members (excludes halogenated alkanes) is 39. The Kier molecular flexibility index (Phi) is 49.8. The first-order valence-corrected chi connectivity index (χ1v) is 30.9. The lowest BCUT2D eigenvalue weighted by Crippen LogP contribution is -2.37. The van der Waals surface area contributed by atoms with Crippen molar-refractivity contribution in [1.29, 1.82) is 0 Å². The maximum atomic E-state index is 12.7. The Morgan fingerprint density at radius 1 is 0.441 bits per heavy atom. The predicted octanol–water partition coefficient (Wildman–Crippen LogP) is 17.4. The molecule has 0 aliphatic carbocycles. The summed E-state index contributed by atoms with van der Waals surface area (Å²) >= 11 is 0. The minimum Gasteiger partial charge on any atom is -0.756 e. The summed E-state index contributed by atoms with van der Waals surface area (Å²) in [6.45, 7) is 4.25. The van der Waals surface area contributed by atoms with Crippen molar-refractivity contribution in [3.63, 3.8) is 0 Å². The molecule has 0 heterocycles. The highest BCUT2D eigenvalue weighted by Crippen LogP contribution is 2.38. The van der Waals surface area contributed by atoms with Gasteiger partial charge in [-0.3, -0.25) is 14.2 Å². The SMILES string of the molecule is CCCCC/C=C\CCCCCCCC(=O)OC(COC(=O)CCCCCCCCCCCCCCCCCCCCCCCCCCCCCCCCCC)COP(=O)([O-])OCC[N+](C)(C)C. The van der Waals surface area contributed by atoms with Crippen LogP contribution in [0.1, 0.15) is 296 Å². The zero-order chi connectivity index (χ0) is 49.9. The van der Waals surface area contributed by atoms with Crippen molar-refractivity contribution in [3.05, 3.63) is 12.2 Å². The number of carbonyl (C=O) groups excluding carboxylic acids is 2. The van der Waals surface area contributed by atoms with Crippen molar-refractivity contribution in [2.75, 3.05) is 47.5 Å². The summed E-state index contributed by atoms with van der Waals surface area (Å²) in [5.41, 5.74) is 0. The van der Waals surface area contributed by atoms with Crippen LogP contribution in [-0.2, 0) is 32.7 Å². The molecule has 0 bridgehead atoms. The monoisotopic (exact) mass is 984 g/mol. The molecule has 9 nitrogen and oxygen atoms in total. The first-order valence-electron chi connectivity index (χ1n) is 29.4. The van der Waals surface area contributed by atoms with Crippen LogP contribution in [0.25, 0.3) is 0 Å². The van der Waals surface area contributed by atoms with Gasteiger partial charge in [0.1, 0.15) is 19.8 Å². The molecule has 0 aromatic carbocycles. The molecule has 0 aliphatic heterocycles. The number of phosphoric ester groups is 1. The van der Waals surface area contributed by atoms with Crippen LogP contribution in [0.5, 0.6) is 0 Å². The highest BCUT2D eigenvalue weighted by Gasteiger charge is 2.22. The van der Waals surface area contributed by atoms with E-state index in [2.05, 4.69) is 26.0 Å². The number of ether oxygens (including phenoxy) is 2. The van der Waals surface area contributed by atoms with Crippen LogP contribution in [0.3, 0.4) is 0 Å². The van der Waals surface area contributed by atoms with E-state index in [1.807, 2.05) is 21.1 Å². The average molecular weight is 985 g/mol. The second-order valence-electron chi connectivity index (χ2n) is 21.4. The number of likely N-dealkylation sites (N-methyl/N-ethyl adjacent to an activating group) is 1. The van der Waals surface area contributed by atoms with E-state index in [4.69, 9.17) is 18.5 Å². The lowest BCUT2D eigenvalue weighted by atomic mass is 10.0. The van der Waals surface area contributed by atoms with Gasteiger partial charge in [0, 0.05) is 12.8 Å². The number of rotatable bonds is 55. The van der Waals surface area contributed by atoms with E-state index >= 15 is 0 Å². The van der Waals surface area contributed by atoms with Gasteiger partial charge in [-0.05, 0) is 38.5 Å². The largest absolute Gasteiger partial charge is 0.756 e. The number of phosphoric acid groups is 1. The number of carbonyl (C=O) groups is 2. The van der Waals surface area contributed by atoms with Crippen molar-refractivity contribution < 1.29 is 42.1 Å². The van der Waals surface area contributed by atoms with E-state index in [0.29, 0.717) is 17.4 Å². The van der Waals surface area contributed by atoms with E-state index in [0.717, 1.165) is 57.8 Å². The average Bonchev–Trinajstić information content (AvgIpc) is 3.30. The Morgan fingerprint density at radius 3 is 1.12 bits per heavy atom. The van der Waals surface area contributed by atoms with Gasteiger partial charge in [0.2, 0.25) is 0 Å². The van der Waals surface area contributed by atoms with Crippen molar-refractivity contribution in [2.24, 2.45) is 0 Å². The number of nitrogens with zero attached hydrogens (tertiary/aromatic N) is 1. The van der Waals surface area contributed by atoms with Crippen molar-refractivity contribution in [2.45, 2.75) is 302 Å². The van der Waals surface area contributed by atoms with Gasteiger partial charge in [-0.2, -0.15) is 0 Å². The molecule has 404 valence electrons. The molecular formula is C58H114NO8P. The minimum absolute atomic E-state index is 0.0291. The Balaban J connectivity index is 3.92. The summed E-state index contributed by atoms with van der Waals surface area (Å²) < 4.78 is 34.0. The molecule has 0 aliphatic rings. The summed E-state index contributed by atoms with van der Waals surface area (Å²) in [7, 11) is 1.18. The van der Waals surface area contributed by atoms with Crippen LogP contribution in [0.4, 0.5) is 0 Å². The lowest BCUT2D eigenvalue weighted by molar-refractivity contribution is -0.870. The van der Waals surface area contributed by atoms with Gasteiger partial charge >= 0.3 is 11.9 Å². The van der Waals surface area contributed by atoms with Gasteiger partial charge in [-0.15, -0.1) is 0 Å². The summed E-state index contributed by atoms with van der Waals surface area (Å²) in [6.07, 6.45) is 58.6. The number of hydrogen-bond acceptors (Lipinski definition) is 8. The Bertz CT molecular complexity index is 1160. The fraction of sp³-hybridized carbons (Fsp3) is 0.931. The predicted molar refractivity (Wildman–Crippen MR) is 287 cm³/mol. The number of quaternary nitrogens is 1. The van der Waals surface area contributed by atoms with E-state index in [9.17, 15) is 19.0 Å². The Labute approximate surface area is 422 Å². The molecule has 0 fully saturated rings. The zero-order valence-electron chi connectivity index (χ0n) is 45.8. The standard InChI is InChI=1S/C58H114NO8P/c1-6-8-10-12-14-16-18-20-21-22-23-24-25-26-27-28-29-30-31-32-33-34-35-36-37-38-39-41-42-44-46-48-50-57(60)64-54-56(55-66-68(62,63)65-53-52-59(3,4)5)67-58(61)51-49-47-45-43-40-19-17-15-13-11-9-7-2/h15,17,56H,6-14,16,18-55H2,1-5H3/b17-15-. The van der Waals surface area contributed by atoms with Gasteiger partial charge < -0.3 is 27.9 Å². The topological polar surface area (TPSA) is 111 Å². The quantitative estimate of drug-likeness (QED) is 0.0195. The number of hydrogen-bond donors (Lipinski definition) is 0. The van der Waals surface area contributed by atoms with E-state index in [1.54, 1.807) is 0 Å². The third kappa shape index (κ3) is 54.1. The first kappa shape index (κ1) is 66.8. The highest BCUT2D eigenvalue weighted by atomic mass is 31.2. The van der Waals surface area contributed by atoms with E-state index < -0.39 is 26.5 Å². The molecule has 0 spiro atoms. The number of esters is 2. The summed E-state index contributed by atoms with van der Waals surface area (Å²) in [5, 5.41) is 0. The maximum Gasteiger partial charge on any atom is 0.306 e. The third-order valence-corrected chi connectivity index (χ3v) is 14.2. The van der Waals surface area contributed by atoms with Crippen LogP contribution in [-0.4, -0.2) is 70.0 Å². The molecule has 0 aromatic heterocycles. The van der Waals surface area contributed by atoms with Crippen LogP contribution < -0.4 is 4.89 Å². The molecule has 10 heteroatoms. The van der Waals surface area contributed by atoms with Crippen molar-refractivity contribution in [3.8, 4) is 0 Å².